The molecular weight excluding hydrogens is 211 g/mol. The maximum atomic E-state index is 12.3. The molecule has 0 aliphatic carbocycles. The van der Waals surface area contributed by atoms with Gasteiger partial charge in [0.15, 0.2) is 11.4 Å². The van der Waals surface area contributed by atoms with Crippen LogP contribution >= 0.6 is 0 Å². The first kappa shape index (κ1) is 9.75. The van der Waals surface area contributed by atoms with Crippen LogP contribution in [0.5, 0.6) is 0 Å². The van der Waals surface area contributed by atoms with E-state index in [9.17, 15) is 18.0 Å². The predicted molar refractivity (Wildman–Crippen MR) is 47.1 cm³/mol. The van der Waals surface area contributed by atoms with Crippen molar-refractivity contribution in [3.05, 3.63) is 11.8 Å². The Morgan fingerprint density at radius 1 is 1.20 bits per heavy atom. The van der Waals surface area contributed by atoms with Gasteiger partial charge in [0.1, 0.15) is 5.84 Å². The van der Waals surface area contributed by atoms with E-state index in [0.29, 0.717) is 0 Å². The average Bonchev–Trinajstić information content (AvgIpc) is 2.44. The molecule has 0 aromatic heterocycles. The Morgan fingerprint density at radius 2 is 1.87 bits per heavy atom. The van der Waals surface area contributed by atoms with E-state index in [1.54, 1.807) is 0 Å². The monoisotopic (exact) mass is 215 g/mol. The normalized spacial score (nSPS) is 20.4. The van der Waals surface area contributed by atoms with Gasteiger partial charge in [-0.3, -0.25) is 4.79 Å². The Balaban J connectivity index is 2.48. The van der Waals surface area contributed by atoms with Crippen molar-refractivity contribution in [3.8, 4) is 0 Å². The summed E-state index contributed by atoms with van der Waals surface area (Å²) >= 11 is 0. The van der Waals surface area contributed by atoms with Crippen molar-refractivity contribution in [2.45, 2.75) is 13.1 Å². The first-order valence-electron chi connectivity index (χ1n) is 3.94. The van der Waals surface area contributed by atoms with E-state index in [0.717, 1.165) is 6.08 Å². The molecule has 0 bridgehead atoms. The molecule has 0 saturated carbocycles. The molecule has 15 heavy (non-hydrogen) atoms. The maximum absolute atomic E-state index is 12.3. The smallest absolute Gasteiger partial charge is 0.265 e. The van der Waals surface area contributed by atoms with E-state index in [-0.39, 0.29) is 17.2 Å². The molecule has 0 saturated heterocycles. The Hall–Kier alpha value is -1.79. The summed E-state index contributed by atoms with van der Waals surface area (Å²) in [5.41, 5.74) is -1.43. The maximum Gasteiger partial charge on any atom is 0.433 e. The van der Waals surface area contributed by atoms with Crippen molar-refractivity contribution in [1.29, 1.82) is 0 Å². The van der Waals surface area contributed by atoms with Gasteiger partial charge in [0.05, 0.1) is 5.70 Å². The zero-order valence-electron chi connectivity index (χ0n) is 7.46. The molecule has 0 unspecified atom stereocenters. The number of carbonyl (C=O) groups excluding carboxylic acids is 1. The summed E-state index contributed by atoms with van der Waals surface area (Å²) in [5.74, 6) is -0.747. The summed E-state index contributed by atoms with van der Waals surface area (Å²) in [5, 5.41) is 0. The zero-order valence-corrected chi connectivity index (χ0v) is 7.46. The van der Waals surface area contributed by atoms with Crippen LogP contribution in [0.25, 0.3) is 0 Å². The number of allylic oxidation sites excluding steroid dienone is 1. The third-order valence-corrected chi connectivity index (χ3v) is 1.79. The minimum absolute atomic E-state index is 0.0696. The van der Waals surface area contributed by atoms with E-state index in [4.69, 9.17) is 0 Å². The van der Waals surface area contributed by atoms with Crippen LogP contribution in [-0.2, 0) is 4.79 Å². The second kappa shape index (κ2) is 2.85. The third kappa shape index (κ3) is 1.60. The highest BCUT2D eigenvalue weighted by molar-refractivity contribution is 6.52. The SMILES string of the molecule is CC1=NC2=CC(C(F)(F)F)=NC(=O)C2=N1. The number of rotatable bonds is 0. The van der Waals surface area contributed by atoms with Gasteiger partial charge in [0, 0.05) is 0 Å². The lowest BCUT2D eigenvalue weighted by Gasteiger charge is -2.10. The molecule has 0 radical (unpaired) electrons. The van der Waals surface area contributed by atoms with Crippen LogP contribution in [0.3, 0.4) is 0 Å². The van der Waals surface area contributed by atoms with Crippen molar-refractivity contribution >= 4 is 23.2 Å². The number of alkyl halides is 3. The number of amides is 1. The van der Waals surface area contributed by atoms with Crippen LogP contribution in [0.15, 0.2) is 26.8 Å². The highest BCUT2D eigenvalue weighted by atomic mass is 19.4. The molecule has 0 fully saturated rings. The Morgan fingerprint density at radius 3 is 2.47 bits per heavy atom. The second-order valence-corrected chi connectivity index (χ2v) is 2.95. The lowest BCUT2D eigenvalue weighted by atomic mass is 10.1. The first-order chi connectivity index (χ1) is 6.88. The van der Waals surface area contributed by atoms with Crippen molar-refractivity contribution in [3.63, 3.8) is 0 Å². The molecule has 78 valence electrons. The minimum atomic E-state index is -4.64. The van der Waals surface area contributed by atoms with Gasteiger partial charge in [0.2, 0.25) is 0 Å². The Bertz CT molecular complexity index is 468. The molecular formula is C8H4F3N3O. The van der Waals surface area contributed by atoms with Crippen molar-refractivity contribution in [2.24, 2.45) is 15.0 Å². The molecule has 0 N–H and O–H groups in total. The fraction of sp³-hybridized carbons (Fsp3) is 0.250. The van der Waals surface area contributed by atoms with Gasteiger partial charge in [-0.2, -0.15) is 13.2 Å². The van der Waals surface area contributed by atoms with E-state index in [1.807, 2.05) is 0 Å². The van der Waals surface area contributed by atoms with E-state index in [2.05, 4.69) is 15.0 Å². The number of hydrogen-bond acceptors (Lipinski definition) is 3. The van der Waals surface area contributed by atoms with Gasteiger partial charge in [-0.05, 0) is 13.0 Å². The van der Waals surface area contributed by atoms with Gasteiger partial charge in [0.25, 0.3) is 5.91 Å². The number of amidine groups is 1. The molecule has 2 aliphatic rings. The standard InChI is InChI=1S/C8H4F3N3O/c1-3-12-4-2-5(8(9,10)11)14-7(15)6(4)13-3/h2H,1H3. The second-order valence-electron chi connectivity index (χ2n) is 2.95. The molecule has 2 heterocycles. The summed E-state index contributed by atoms with van der Waals surface area (Å²) in [4.78, 5) is 21.4. The topological polar surface area (TPSA) is 54.1 Å². The zero-order chi connectivity index (χ0) is 11.2. The summed E-state index contributed by atoms with van der Waals surface area (Å²) in [7, 11) is 0. The highest BCUT2D eigenvalue weighted by Crippen LogP contribution is 2.24. The number of carbonyl (C=O) groups is 1. The Kier molecular flexibility index (Phi) is 1.85. The molecule has 0 aromatic rings. The largest absolute Gasteiger partial charge is 0.433 e. The molecule has 4 nitrogen and oxygen atoms in total. The molecule has 0 aromatic carbocycles. The van der Waals surface area contributed by atoms with Crippen LogP contribution in [0.2, 0.25) is 0 Å². The lowest BCUT2D eigenvalue weighted by molar-refractivity contribution is -0.112. The minimum Gasteiger partial charge on any atom is -0.265 e. The molecule has 2 aliphatic heterocycles. The van der Waals surface area contributed by atoms with E-state index >= 15 is 0 Å². The molecule has 2 rings (SSSR count). The van der Waals surface area contributed by atoms with Crippen molar-refractivity contribution < 1.29 is 18.0 Å². The number of hydrogen-bond donors (Lipinski definition) is 0. The lowest BCUT2D eigenvalue weighted by Crippen LogP contribution is -2.28. The fourth-order valence-corrected chi connectivity index (χ4v) is 1.20. The van der Waals surface area contributed by atoms with Crippen LogP contribution in [0.4, 0.5) is 13.2 Å². The Labute approximate surface area is 81.9 Å². The van der Waals surface area contributed by atoms with Crippen molar-refractivity contribution in [2.75, 3.05) is 0 Å². The molecule has 0 spiro atoms. The predicted octanol–water partition coefficient (Wildman–Crippen LogP) is 1.29. The summed E-state index contributed by atoms with van der Waals surface area (Å²) in [6.07, 6.45) is -3.92. The van der Waals surface area contributed by atoms with Crippen LogP contribution in [-0.4, -0.2) is 29.3 Å². The average molecular weight is 215 g/mol. The quantitative estimate of drug-likeness (QED) is 0.600. The van der Waals surface area contributed by atoms with E-state index < -0.39 is 17.8 Å². The van der Waals surface area contributed by atoms with Crippen molar-refractivity contribution in [1.82, 2.24) is 0 Å². The third-order valence-electron chi connectivity index (χ3n) is 1.79. The highest BCUT2D eigenvalue weighted by Gasteiger charge is 2.39. The first-order valence-corrected chi connectivity index (χ1v) is 3.94. The number of aliphatic imine (C=N–C) groups is 3. The molecule has 1 amide bonds. The number of dihydropyridines is 1. The van der Waals surface area contributed by atoms with Gasteiger partial charge < -0.3 is 0 Å². The summed E-state index contributed by atoms with van der Waals surface area (Å²) < 4.78 is 36.8. The summed E-state index contributed by atoms with van der Waals surface area (Å²) in [6.45, 7) is 1.49. The van der Waals surface area contributed by atoms with Gasteiger partial charge in [-0.25, -0.2) is 15.0 Å². The van der Waals surface area contributed by atoms with E-state index in [1.165, 1.54) is 6.92 Å². The van der Waals surface area contributed by atoms with Crippen LogP contribution in [0, 0.1) is 0 Å². The molecule has 0 atom stereocenters. The van der Waals surface area contributed by atoms with Gasteiger partial charge in [-0.1, -0.05) is 0 Å². The summed E-state index contributed by atoms with van der Waals surface area (Å²) in [6, 6.07) is 0. The number of nitrogens with zero attached hydrogens (tertiary/aromatic N) is 3. The molecule has 7 heteroatoms. The number of halogens is 3. The number of fused-ring (bicyclic) bond motifs is 1. The van der Waals surface area contributed by atoms with Crippen LogP contribution in [0.1, 0.15) is 6.92 Å². The fourth-order valence-electron chi connectivity index (χ4n) is 1.20. The van der Waals surface area contributed by atoms with Crippen LogP contribution < -0.4 is 0 Å². The van der Waals surface area contributed by atoms with Gasteiger partial charge >= 0.3 is 6.18 Å². The van der Waals surface area contributed by atoms with Gasteiger partial charge in [-0.15, -0.1) is 0 Å².